The number of benzene rings is 1. The second-order valence-corrected chi connectivity index (χ2v) is 6.58. The fourth-order valence-corrected chi connectivity index (χ4v) is 2.56. The summed E-state index contributed by atoms with van der Waals surface area (Å²) in [6.45, 7) is 7.56. The molecule has 0 spiro atoms. The summed E-state index contributed by atoms with van der Waals surface area (Å²) < 4.78 is 2.34. The Bertz CT molecular complexity index is 599. The summed E-state index contributed by atoms with van der Waals surface area (Å²) in [5.74, 6) is 1.68. The van der Waals surface area contributed by atoms with Gasteiger partial charge in [0.25, 0.3) is 0 Å². The molecule has 1 heterocycles. The number of imidazole rings is 1. The summed E-state index contributed by atoms with van der Waals surface area (Å²) in [4.78, 5) is 7.02. The van der Waals surface area contributed by atoms with Crippen molar-refractivity contribution in [2.75, 3.05) is 20.0 Å². The summed E-state index contributed by atoms with van der Waals surface area (Å²) in [5.41, 5.74) is 3.64. The molecule has 0 aliphatic rings. The standard InChI is InChI=1S/C16H24ClN3/c1-12-7-6-8-13-15(12)20(14(18-13)9-10-17)11-16(2,3)19(4)5/h6-8H,9-11H2,1-5H3. The van der Waals surface area contributed by atoms with Crippen molar-refractivity contribution in [3.8, 4) is 0 Å². The van der Waals surface area contributed by atoms with Gasteiger partial charge in [-0.3, -0.25) is 0 Å². The maximum absolute atomic E-state index is 5.95. The molecule has 4 heteroatoms. The van der Waals surface area contributed by atoms with Gasteiger partial charge in [-0.25, -0.2) is 4.98 Å². The van der Waals surface area contributed by atoms with E-state index in [1.807, 2.05) is 0 Å². The van der Waals surface area contributed by atoms with Crippen LogP contribution < -0.4 is 0 Å². The van der Waals surface area contributed by atoms with Crippen LogP contribution in [0.25, 0.3) is 11.0 Å². The van der Waals surface area contributed by atoms with Gasteiger partial charge in [-0.1, -0.05) is 12.1 Å². The molecule has 0 fully saturated rings. The van der Waals surface area contributed by atoms with Crippen LogP contribution in [0, 0.1) is 6.92 Å². The van der Waals surface area contributed by atoms with Gasteiger partial charge in [-0.05, 0) is 46.5 Å². The number of rotatable bonds is 5. The molecule has 0 aliphatic heterocycles. The summed E-state index contributed by atoms with van der Waals surface area (Å²) in [5, 5.41) is 0. The number of aryl methyl sites for hydroxylation is 2. The van der Waals surface area contributed by atoms with Crippen LogP contribution >= 0.6 is 11.6 Å². The molecule has 1 aromatic heterocycles. The van der Waals surface area contributed by atoms with Crippen LogP contribution in [0.3, 0.4) is 0 Å². The Morgan fingerprint density at radius 2 is 2.00 bits per heavy atom. The number of halogens is 1. The first-order valence-electron chi connectivity index (χ1n) is 7.05. The van der Waals surface area contributed by atoms with Gasteiger partial charge < -0.3 is 9.47 Å². The topological polar surface area (TPSA) is 21.1 Å². The quantitative estimate of drug-likeness (QED) is 0.787. The van der Waals surface area contributed by atoms with Gasteiger partial charge in [0.05, 0.1) is 11.0 Å². The number of alkyl halides is 1. The lowest BCUT2D eigenvalue weighted by molar-refractivity contribution is 0.170. The third-order valence-corrected chi connectivity index (χ3v) is 4.31. The van der Waals surface area contributed by atoms with E-state index in [9.17, 15) is 0 Å². The van der Waals surface area contributed by atoms with Crippen LogP contribution in [-0.4, -0.2) is 40.0 Å². The molecule has 0 amide bonds. The molecule has 20 heavy (non-hydrogen) atoms. The van der Waals surface area contributed by atoms with E-state index in [-0.39, 0.29) is 5.54 Å². The predicted molar refractivity (Wildman–Crippen MR) is 86.7 cm³/mol. The molecule has 0 N–H and O–H groups in total. The minimum absolute atomic E-state index is 0.0664. The van der Waals surface area contributed by atoms with E-state index in [4.69, 9.17) is 16.6 Å². The highest BCUT2D eigenvalue weighted by Gasteiger charge is 2.24. The number of hydrogen-bond donors (Lipinski definition) is 0. The van der Waals surface area contributed by atoms with E-state index < -0.39 is 0 Å². The summed E-state index contributed by atoms with van der Waals surface area (Å²) >= 11 is 5.95. The van der Waals surface area contributed by atoms with E-state index in [1.165, 1.54) is 11.1 Å². The van der Waals surface area contributed by atoms with Gasteiger partial charge >= 0.3 is 0 Å². The molecule has 0 radical (unpaired) electrons. The van der Waals surface area contributed by atoms with Crippen LogP contribution in [0.15, 0.2) is 18.2 Å². The molecule has 0 unspecified atom stereocenters. The Hall–Kier alpha value is -1.06. The molecule has 1 aromatic carbocycles. The molecule has 0 saturated carbocycles. The first-order valence-corrected chi connectivity index (χ1v) is 7.58. The number of likely N-dealkylation sites (N-methyl/N-ethyl adjacent to an activating group) is 1. The zero-order valence-electron chi connectivity index (χ0n) is 13.1. The molecule has 110 valence electrons. The Morgan fingerprint density at radius 1 is 1.30 bits per heavy atom. The van der Waals surface area contributed by atoms with Crippen molar-refractivity contribution < 1.29 is 0 Å². The molecule has 3 nitrogen and oxygen atoms in total. The molecule has 0 aliphatic carbocycles. The van der Waals surface area contributed by atoms with Crippen LogP contribution in [0.2, 0.25) is 0 Å². The zero-order valence-corrected chi connectivity index (χ0v) is 13.8. The third kappa shape index (κ3) is 2.84. The summed E-state index contributed by atoms with van der Waals surface area (Å²) in [6.07, 6.45) is 0.805. The van der Waals surface area contributed by atoms with Crippen LogP contribution in [0.4, 0.5) is 0 Å². The smallest absolute Gasteiger partial charge is 0.111 e. The van der Waals surface area contributed by atoms with Gasteiger partial charge in [0.15, 0.2) is 0 Å². The fraction of sp³-hybridized carbons (Fsp3) is 0.562. The Labute approximate surface area is 126 Å². The number of nitrogens with zero attached hydrogens (tertiary/aromatic N) is 3. The molecular weight excluding hydrogens is 270 g/mol. The largest absolute Gasteiger partial charge is 0.326 e. The Morgan fingerprint density at radius 3 is 2.60 bits per heavy atom. The van der Waals surface area contributed by atoms with E-state index >= 15 is 0 Å². The van der Waals surface area contributed by atoms with Crippen molar-refractivity contribution in [2.24, 2.45) is 0 Å². The second-order valence-electron chi connectivity index (χ2n) is 6.20. The zero-order chi connectivity index (χ0) is 14.9. The minimum Gasteiger partial charge on any atom is -0.326 e. The highest BCUT2D eigenvalue weighted by Crippen LogP contribution is 2.24. The molecule has 0 atom stereocenters. The Balaban J connectivity index is 2.56. The predicted octanol–water partition coefficient (Wildman–Crippen LogP) is 3.47. The second kappa shape index (κ2) is 5.74. The SMILES string of the molecule is Cc1cccc2nc(CCCl)n(CC(C)(C)N(C)C)c12. The van der Waals surface area contributed by atoms with E-state index in [0.717, 1.165) is 24.3 Å². The van der Waals surface area contributed by atoms with Gasteiger partial charge in [-0.2, -0.15) is 0 Å². The minimum atomic E-state index is 0.0664. The van der Waals surface area contributed by atoms with Crippen molar-refractivity contribution in [1.29, 1.82) is 0 Å². The summed E-state index contributed by atoms with van der Waals surface area (Å²) in [6, 6.07) is 6.30. The first kappa shape index (κ1) is 15.3. The summed E-state index contributed by atoms with van der Waals surface area (Å²) in [7, 11) is 4.24. The van der Waals surface area contributed by atoms with Crippen molar-refractivity contribution in [2.45, 2.75) is 39.3 Å². The molecular formula is C16H24ClN3. The van der Waals surface area contributed by atoms with Crippen molar-refractivity contribution in [3.63, 3.8) is 0 Å². The number of hydrogen-bond acceptors (Lipinski definition) is 2. The molecule has 2 rings (SSSR count). The van der Waals surface area contributed by atoms with Gasteiger partial charge in [-0.15, -0.1) is 11.6 Å². The molecule has 0 saturated heterocycles. The lowest BCUT2D eigenvalue weighted by atomic mass is 10.0. The molecule has 2 aromatic rings. The van der Waals surface area contributed by atoms with Crippen LogP contribution in [-0.2, 0) is 13.0 Å². The maximum atomic E-state index is 5.95. The average molecular weight is 294 g/mol. The van der Waals surface area contributed by atoms with Gasteiger partial charge in [0, 0.05) is 24.4 Å². The monoisotopic (exact) mass is 293 g/mol. The van der Waals surface area contributed by atoms with Crippen molar-refractivity contribution >= 4 is 22.6 Å². The lowest BCUT2D eigenvalue weighted by Gasteiger charge is -2.33. The number of para-hydroxylation sites is 1. The van der Waals surface area contributed by atoms with Gasteiger partial charge in [0.2, 0.25) is 0 Å². The number of fused-ring (bicyclic) bond motifs is 1. The fourth-order valence-electron chi connectivity index (χ4n) is 2.39. The van der Waals surface area contributed by atoms with Crippen LogP contribution in [0.5, 0.6) is 0 Å². The van der Waals surface area contributed by atoms with E-state index in [0.29, 0.717) is 5.88 Å². The highest BCUT2D eigenvalue weighted by molar-refractivity contribution is 6.17. The lowest BCUT2D eigenvalue weighted by Crippen LogP contribution is -2.42. The molecule has 0 bridgehead atoms. The van der Waals surface area contributed by atoms with Crippen molar-refractivity contribution in [1.82, 2.24) is 14.5 Å². The Kier molecular flexibility index (Phi) is 4.40. The van der Waals surface area contributed by atoms with Gasteiger partial charge in [0.1, 0.15) is 5.82 Å². The highest BCUT2D eigenvalue weighted by atomic mass is 35.5. The normalized spacial score (nSPS) is 12.6. The van der Waals surface area contributed by atoms with Crippen LogP contribution in [0.1, 0.15) is 25.2 Å². The first-order chi connectivity index (χ1) is 9.36. The van der Waals surface area contributed by atoms with E-state index in [1.54, 1.807) is 0 Å². The van der Waals surface area contributed by atoms with E-state index in [2.05, 4.69) is 62.5 Å². The maximum Gasteiger partial charge on any atom is 0.111 e. The average Bonchev–Trinajstić information content (AvgIpc) is 2.68. The van der Waals surface area contributed by atoms with Crippen molar-refractivity contribution in [3.05, 3.63) is 29.6 Å². The third-order valence-electron chi connectivity index (χ3n) is 4.12. The number of aromatic nitrogens is 2.